The predicted octanol–water partition coefficient (Wildman–Crippen LogP) is 2.94. The van der Waals surface area contributed by atoms with Crippen molar-refractivity contribution in [3.05, 3.63) is 78.0 Å². The van der Waals surface area contributed by atoms with Crippen LogP contribution in [0.5, 0.6) is 11.7 Å². The highest BCUT2D eigenvalue weighted by molar-refractivity contribution is 8.00. The summed E-state index contributed by atoms with van der Waals surface area (Å²) in [4.78, 5) is 17.4. The number of nitriles is 1. The topological polar surface area (TPSA) is 116 Å². The molecule has 2 aromatic carbocycles. The van der Waals surface area contributed by atoms with Crippen LogP contribution in [0, 0.1) is 11.3 Å². The fraction of sp³-hybridized carbons (Fsp3) is 0.0870. The predicted molar refractivity (Wildman–Crippen MR) is 113 cm³/mol. The summed E-state index contributed by atoms with van der Waals surface area (Å²) in [7, 11) is 1.59. The number of hydrogen-bond acceptors (Lipinski definition) is 8. The molecular formula is C23H16N4O4S. The quantitative estimate of drug-likeness (QED) is 0.243. The monoisotopic (exact) mass is 444 g/mol. The molecule has 0 N–H and O–H groups in total. The molecule has 158 valence electrons. The van der Waals surface area contributed by atoms with Gasteiger partial charge in [-0.05, 0) is 41.1 Å². The van der Waals surface area contributed by atoms with Crippen molar-refractivity contribution >= 4 is 17.5 Å². The minimum atomic E-state index is -0.820. The van der Waals surface area contributed by atoms with Crippen LogP contribution < -0.4 is 14.5 Å². The van der Waals surface area contributed by atoms with Gasteiger partial charge in [-0.1, -0.05) is 30.0 Å². The standard InChI is InChI=1S/C23H16N4O4S/c1-30-18-10-7-15(8-11-18)19-12-9-16(13-24)22(25-19)32-14-20(28)21-23(29)31-26-27(21)17-5-3-2-4-6-17/h2-12H,14H2,1H3. The Morgan fingerprint density at radius 3 is 2.59 bits per heavy atom. The van der Waals surface area contributed by atoms with Crippen molar-refractivity contribution < 1.29 is 23.8 Å². The number of hydrogen-bond donors (Lipinski definition) is 0. The normalized spacial score (nSPS) is 10.5. The minimum Gasteiger partial charge on any atom is -0.539 e. The lowest BCUT2D eigenvalue weighted by atomic mass is 10.1. The fourth-order valence-corrected chi connectivity index (χ4v) is 3.82. The second-order valence-corrected chi connectivity index (χ2v) is 7.52. The number of carbonyl (C=O) groups excluding carboxylic acids is 1. The highest BCUT2D eigenvalue weighted by Crippen LogP contribution is 2.27. The summed E-state index contributed by atoms with van der Waals surface area (Å²) >= 11 is 1.08. The number of methoxy groups -OCH3 is 1. The zero-order valence-corrected chi connectivity index (χ0v) is 17.7. The van der Waals surface area contributed by atoms with Crippen LogP contribution in [0.25, 0.3) is 16.9 Å². The lowest BCUT2D eigenvalue weighted by Crippen LogP contribution is -2.39. The maximum absolute atomic E-state index is 12.9. The van der Waals surface area contributed by atoms with Gasteiger partial charge in [-0.3, -0.25) is 4.79 Å². The summed E-state index contributed by atoms with van der Waals surface area (Å²) < 4.78 is 11.1. The Labute approximate surface area is 187 Å². The van der Waals surface area contributed by atoms with Gasteiger partial charge < -0.3 is 14.4 Å². The highest BCUT2D eigenvalue weighted by Gasteiger charge is 2.27. The van der Waals surface area contributed by atoms with E-state index in [2.05, 4.69) is 16.3 Å². The number of carbonyl (C=O) groups is 1. The van der Waals surface area contributed by atoms with E-state index in [9.17, 15) is 15.2 Å². The molecule has 0 saturated carbocycles. The fourth-order valence-electron chi connectivity index (χ4n) is 2.99. The smallest absolute Gasteiger partial charge is 0.307 e. The SMILES string of the molecule is COc1ccc(-c2ccc(C#N)c(SCC(=O)c3c([O-])on[n+]3-c3ccccc3)n2)cc1. The summed E-state index contributed by atoms with van der Waals surface area (Å²) in [6.45, 7) is 0. The van der Waals surface area contributed by atoms with Crippen molar-refractivity contribution in [3.8, 4) is 34.7 Å². The summed E-state index contributed by atoms with van der Waals surface area (Å²) in [5.74, 6) is -0.696. The molecule has 0 atom stereocenters. The maximum Gasteiger partial charge on any atom is 0.307 e. The van der Waals surface area contributed by atoms with E-state index in [1.807, 2.05) is 30.3 Å². The van der Waals surface area contributed by atoms with Gasteiger partial charge in [-0.25, -0.2) is 4.98 Å². The van der Waals surface area contributed by atoms with Crippen molar-refractivity contribution in [1.82, 2.24) is 10.3 Å². The largest absolute Gasteiger partial charge is 0.539 e. The molecule has 32 heavy (non-hydrogen) atoms. The molecule has 2 aromatic heterocycles. The Morgan fingerprint density at radius 1 is 1.16 bits per heavy atom. The number of rotatable bonds is 7. The maximum atomic E-state index is 12.9. The zero-order chi connectivity index (χ0) is 22.5. The molecule has 0 bridgehead atoms. The third-order valence-corrected chi connectivity index (χ3v) is 5.57. The van der Waals surface area contributed by atoms with Crippen molar-refractivity contribution in [1.29, 1.82) is 5.26 Å². The third kappa shape index (κ3) is 4.31. The molecule has 0 fully saturated rings. The van der Waals surface area contributed by atoms with Crippen molar-refractivity contribution in [2.75, 3.05) is 12.9 Å². The van der Waals surface area contributed by atoms with Crippen LogP contribution in [0.2, 0.25) is 0 Å². The molecule has 9 heteroatoms. The van der Waals surface area contributed by atoms with Crippen LogP contribution in [-0.4, -0.2) is 28.9 Å². The lowest BCUT2D eigenvalue weighted by molar-refractivity contribution is -0.672. The number of thioether (sulfide) groups is 1. The first kappa shape index (κ1) is 21.1. The molecule has 0 unspecified atom stereocenters. The van der Waals surface area contributed by atoms with Crippen molar-refractivity contribution in [2.45, 2.75) is 5.03 Å². The molecule has 0 saturated heterocycles. The minimum absolute atomic E-state index is 0.114. The number of benzene rings is 2. The second-order valence-electron chi connectivity index (χ2n) is 6.56. The highest BCUT2D eigenvalue weighted by atomic mass is 32.2. The molecule has 8 nitrogen and oxygen atoms in total. The van der Waals surface area contributed by atoms with Gasteiger partial charge in [0.15, 0.2) is 5.95 Å². The van der Waals surface area contributed by atoms with Crippen LogP contribution in [0.15, 0.2) is 76.3 Å². The number of para-hydroxylation sites is 1. The molecule has 0 spiro atoms. The molecule has 4 aromatic rings. The van der Waals surface area contributed by atoms with Gasteiger partial charge in [0.25, 0.3) is 0 Å². The Kier molecular flexibility index (Phi) is 6.14. The number of nitrogens with zero attached hydrogens (tertiary/aromatic N) is 4. The van der Waals surface area contributed by atoms with Gasteiger partial charge in [-0.2, -0.15) is 5.26 Å². The van der Waals surface area contributed by atoms with Crippen molar-refractivity contribution in [3.63, 3.8) is 0 Å². The Hall–Kier alpha value is -4.16. The summed E-state index contributed by atoms with van der Waals surface area (Å²) in [6.07, 6.45) is 0. The van der Waals surface area contributed by atoms with Gasteiger partial charge in [0.05, 0.1) is 29.4 Å². The van der Waals surface area contributed by atoms with Gasteiger partial charge in [0, 0.05) is 17.7 Å². The molecular weight excluding hydrogens is 428 g/mol. The molecule has 2 heterocycles. The van der Waals surface area contributed by atoms with E-state index >= 15 is 0 Å². The van der Waals surface area contributed by atoms with E-state index in [0.717, 1.165) is 23.1 Å². The molecule has 0 aliphatic heterocycles. The summed E-state index contributed by atoms with van der Waals surface area (Å²) in [5.41, 5.74) is 2.17. The van der Waals surface area contributed by atoms with Gasteiger partial charge in [0.1, 0.15) is 16.8 Å². The number of ketones is 1. The first-order valence-corrected chi connectivity index (χ1v) is 10.5. The van der Waals surface area contributed by atoms with Gasteiger partial charge in [-0.15, -0.1) is 0 Å². The Balaban J connectivity index is 1.58. The zero-order valence-electron chi connectivity index (χ0n) is 16.9. The number of ether oxygens (including phenoxy) is 1. The number of aromatic nitrogens is 3. The molecule has 0 aliphatic rings. The van der Waals surface area contributed by atoms with E-state index in [-0.39, 0.29) is 11.4 Å². The van der Waals surface area contributed by atoms with Gasteiger partial charge in [0.2, 0.25) is 11.5 Å². The van der Waals surface area contributed by atoms with E-state index in [1.165, 1.54) is 4.68 Å². The van der Waals surface area contributed by atoms with E-state index in [1.54, 1.807) is 43.5 Å². The van der Waals surface area contributed by atoms with E-state index in [0.29, 0.717) is 22.0 Å². The Morgan fingerprint density at radius 2 is 1.91 bits per heavy atom. The first-order valence-electron chi connectivity index (χ1n) is 9.46. The van der Waals surface area contributed by atoms with Crippen molar-refractivity contribution in [2.24, 2.45) is 0 Å². The van der Waals surface area contributed by atoms with Gasteiger partial charge >= 0.3 is 5.69 Å². The lowest BCUT2D eigenvalue weighted by Gasteiger charge is -2.07. The summed E-state index contributed by atoms with van der Waals surface area (Å²) in [6, 6.07) is 21.6. The first-order chi connectivity index (χ1) is 15.6. The Bertz CT molecular complexity index is 1300. The van der Waals surface area contributed by atoms with E-state index in [4.69, 9.17) is 9.26 Å². The van der Waals surface area contributed by atoms with Crippen LogP contribution in [0.3, 0.4) is 0 Å². The number of pyridine rings is 1. The average Bonchev–Trinajstić information content (AvgIpc) is 3.24. The van der Waals surface area contributed by atoms with Crippen LogP contribution in [-0.2, 0) is 0 Å². The molecule has 0 radical (unpaired) electrons. The van der Waals surface area contributed by atoms with Crippen LogP contribution in [0.4, 0.5) is 0 Å². The molecule has 0 amide bonds. The average molecular weight is 444 g/mol. The van der Waals surface area contributed by atoms with Crippen LogP contribution >= 0.6 is 11.8 Å². The molecule has 0 aliphatic carbocycles. The second kappa shape index (κ2) is 9.32. The summed E-state index contributed by atoms with van der Waals surface area (Å²) in [5, 5.41) is 25.7. The number of Topliss-reactive ketones (excluding diaryl/α,β-unsaturated/α-hetero) is 1. The molecule has 4 rings (SSSR count). The third-order valence-electron chi connectivity index (χ3n) is 4.58. The van der Waals surface area contributed by atoms with Crippen LogP contribution in [0.1, 0.15) is 16.1 Å². The van der Waals surface area contributed by atoms with E-state index < -0.39 is 11.7 Å².